The van der Waals surface area contributed by atoms with Crippen LogP contribution in [0.2, 0.25) is 0 Å². The number of nitrogens with zero attached hydrogens (tertiary/aromatic N) is 1. The maximum atomic E-state index is 12.5. The van der Waals surface area contributed by atoms with Gasteiger partial charge in [-0.2, -0.15) is 0 Å². The number of allylic oxidation sites excluding steroid dienone is 1. The first-order chi connectivity index (χ1) is 13.2. The number of carboxylic acids is 1. The Kier molecular flexibility index (Phi) is 11.9. The number of nitrogens with two attached hydrogens (primary N) is 2. The first kappa shape index (κ1) is 25.1. The number of hydrogen-bond acceptors (Lipinski definition) is 5. The lowest BCUT2D eigenvalue weighted by molar-refractivity contribution is -0.274. The number of carboxylic acid groups (broad SMARTS) is 1. The van der Waals surface area contributed by atoms with Crippen LogP contribution in [0.1, 0.15) is 31.7 Å². The second-order valence-corrected chi connectivity index (χ2v) is 5.39. The number of carbonyl (C=O) groups is 1. The fourth-order valence-electron chi connectivity index (χ4n) is 2.01. The van der Waals surface area contributed by atoms with Crippen molar-refractivity contribution in [2.24, 2.45) is 16.5 Å². The molecule has 0 saturated carbocycles. The van der Waals surface area contributed by atoms with Gasteiger partial charge in [-0.1, -0.05) is 25.1 Å². The zero-order valence-electron chi connectivity index (χ0n) is 15.4. The molecule has 0 amide bonds. The Morgan fingerprint density at radius 1 is 1.39 bits per heavy atom. The van der Waals surface area contributed by atoms with Crippen LogP contribution in [-0.4, -0.2) is 42.6 Å². The SMILES string of the molecule is CC/C(C=NC(CCCN)C(=O)O)=C\c1ccccc1OC(F)(F)F.N=CN. The minimum Gasteiger partial charge on any atom is -0.480 e. The van der Waals surface area contributed by atoms with Crippen LogP contribution in [0.3, 0.4) is 0 Å². The Morgan fingerprint density at radius 2 is 2.00 bits per heavy atom. The number of aliphatic imine (C=N–C) groups is 1. The lowest BCUT2D eigenvalue weighted by Gasteiger charge is -2.12. The van der Waals surface area contributed by atoms with E-state index in [1.165, 1.54) is 30.5 Å². The number of ether oxygens (including phenoxy) is 1. The van der Waals surface area contributed by atoms with Crippen LogP contribution >= 0.6 is 0 Å². The zero-order valence-corrected chi connectivity index (χ0v) is 15.4. The quantitative estimate of drug-likeness (QED) is 0.372. The fraction of sp³-hybridized carbons (Fsp3) is 0.389. The summed E-state index contributed by atoms with van der Waals surface area (Å²) in [5.74, 6) is -1.40. The number of halogens is 3. The first-order valence-electron chi connectivity index (χ1n) is 8.40. The fourth-order valence-corrected chi connectivity index (χ4v) is 2.01. The van der Waals surface area contributed by atoms with Crippen molar-refractivity contribution >= 4 is 24.6 Å². The Labute approximate surface area is 161 Å². The molecule has 1 rings (SSSR count). The van der Waals surface area contributed by atoms with Crippen molar-refractivity contribution in [1.82, 2.24) is 0 Å². The van der Waals surface area contributed by atoms with Crippen molar-refractivity contribution in [3.05, 3.63) is 35.4 Å². The molecule has 0 aliphatic heterocycles. The van der Waals surface area contributed by atoms with Gasteiger partial charge >= 0.3 is 12.3 Å². The van der Waals surface area contributed by atoms with Crippen molar-refractivity contribution in [3.63, 3.8) is 0 Å². The summed E-state index contributed by atoms with van der Waals surface area (Å²) >= 11 is 0. The Bertz CT molecular complexity index is 676. The standard InChI is InChI=1S/C17H21F3N2O3.CH4N2/c1-2-12(11-22-14(16(23)24)7-5-9-21)10-13-6-3-4-8-15(13)25-17(18,19)20;2-1-3/h3-4,6,8,10-11,14H,2,5,7,9,21H2,1H3,(H,23,24);1H,(H3,2,3)/b12-10+,22-11?;. The molecule has 6 N–H and O–H groups in total. The molecular formula is C18H25F3N4O3. The predicted octanol–water partition coefficient (Wildman–Crippen LogP) is 3.19. The lowest BCUT2D eigenvalue weighted by atomic mass is 10.1. The molecule has 28 heavy (non-hydrogen) atoms. The Balaban J connectivity index is 0.00000227. The molecule has 156 valence electrons. The van der Waals surface area contributed by atoms with E-state index in [0.29, 0.717) is 31.4 Å². The predicted molar refractivity (Wildman–Crippen MR) is 103 cm³/mol. The van der Waals surface area contributed by atoms with E-state index in [2.05, 4.69) is 15.5 Å². The second kappa shape index (κ2) is 13.3. The van der Waals surface area contributed by atoms with Crippen LogP contribution in [-0.2, 0) is 4.79 Å². The molecule has 0 bridgehead atoms. The summed E-state index contributed by atoms with van der Waals surface area (Å²) in [6.07, 6.45) is 0.106. The van der Waals surface area contributed by atoms with Crippen LogP contribution in [0.4, 0.5) is 13.2 Å². The van der Waals surface area contributed by atoms with Gasteiger partial charge in [-0.25, -0.2) is 4.79 Å². The molecule has 1 unspecified atom stereocenters. The molecule has 1 aromatic rings. The number of nitrogens with one attached hydrogen (secondary N) is 1. The van der Waals surface area contributed by atoms with E-state index >= 15 is 0 Å². The third-order valence-corrected chi connectivity index (χ3v) is 3.28. The van der Waals surface area contributed by atoms with Crippen molar-refractivity contribution in [2.75, 3.05) is 6.54 Å². The summed E-state index contributed by atoms with van der Waals surface area (Å²) in [6, 6.07) is 4.78. The van der Waals surface area contributed by atoms with Gasteiger partial charge in [0.1, 0.15) is 11.8 Å². The van der Waals surface area contributed by atoms with E-state index in [4.69, 9.17) is 16.2 Å². The topological polar surface area (TPSA) is 135 Å². The van der Waals surface area contributed by atoms with Crippen molar-refractivity contribution < 1.29 is 27.8 Å². The molecule has 0 heterocycles. The van der Waals surface area contributed by atoms with Gasteiger partial charge in [-0.05, 0) is 43.5 Å². The van der Waals surface area contributed by atoms with Gasteiger partial charge in [0.2, 0.25) is 0 Å². The summed E-state index contributed by atoms with van der Waals surface area (Å²) < 4.78 is 41.4. The van der Waals surface area contributed by atoms with Crippen molar-refractivity contribution in [1.29, 1.82) is 5.41 Å². The highest BCUT2D eigenvalue weighted by Crippen LogP contribution is 2.28. The maximum Gasteiger partial charge on any atom is 0.573 e. The smallest absolute Gasteiger partial charge is 0.480 e. The van der Waals surface area contributed by atoms with E-state index in [1.54, 1.807) is 13.0 Å². The summed E-state index contributed by atoms with van der Waals surface area (Å²) in [5, 5.41) is 15.0. The molecule has 7 nitrogen and oxygen atoms in total. The lowest BCUT2D eigenvalue weighted by Crippen LogP contribution is -2.19. The van der Waals surface area contributed by atoms with E-state index in [1.807, 2.05) is 0 Å². The normalized spacial score (nSPS) is 12.8. The van der Waals surface area contributed by atoms with Gasteiger partial charge in [0, 0.05) is 11.8 Å². The van der Waals surface area contributed by atoms with Gasteiger partial charge in [0.25, 0.3) is 0 Å². The Hall–Kier alpha value is -2.88. The number of rotatable bonds is 9. The number of alkyl halides is 3. The highest BCUT2D eigenvalue weighted by molar-refractivity contribution is 5.88. The summed E-state index contributed by atoms with van der Waals surface area (Å²) in [5.41, 5.74) is 10.6. The van der Waals surface area contributed by atoms with Crippen LogP contribution in [0, 0.1) is 5.41 Å². The van der Waals surface area contributed by atoms with Gasteiger partial charge in [-0.3, -0.25) is 10.4 Å². The molecule has 0 saturated heterocycles. The third-order valence-electron chi connectivity index (χ3n) is 3.28. The third kappa shape index (κ3) is 11.0. The summed E-state index contributed by atoms with van der Waals surface area (Å²) in [4.78, 5) is 15.2. The average molecular weight is 402 g/mol. The molecule has 1 atom stereocenters. The molecule has 0 aliphatic carbocycles. The van der Waals surface area contributed by atoms with Gasteiger partial charge in [-0.15, -0.1) is 13.2 Å². The second-order valence-electron chi connectivity index (χ2n) is 5.39. The molecule has 0 aromatic heterocycles. The molecule has 10 heteroatoms. The molecule has 0 fully saturated rings. The largest absolute Gasteiger partial charge is 0.573 e. The number of hydrogen-bond donors (Lipinski definition) is 4. The van der Waals surface area contributed by atoms with Crippen LogP contribution in [0.15, 0.2) is 34.8 Å². The summed E-state index contributed by atoms with van der Waals surface area (Å²) in [7, 11) is 0. The highest BCUT2D eigenvalue weighted by Gasteiger charge is 2.31. The number of aliphatic carboxylic acids is 1. The van der Waals surface area contributed by atoms with Gasteiger partial charge < -0.3 is 21.3 Å². The molecule has 0 spiro atoms. The van der Waals surface area contributed by atoms with Crippen LogP contribution in [0.25, 0.3) is 6.08 Å². The number of para-hydroxylation sites is 1. The van der Waals surface area contributed by atoms with Crippen molar-refractivity contribution in [3.8, 4) is 5.75 Å². The van der Waals surface area contributed by atoms with Crippen LogP contribution in [0.5, 0.6) is 5.75 Å². The molecular weight excluding hydrogens is 377 g/mol. The van der Waals surface area contributed by atoms with E-state index in [-0.39, 0.29) is 11.3 Å². The van der Waals surface area contributed by atoms with Crippen LogP contribution < -0.4 is 16.2 Å². The zero-order chi connectivity index (χ0) is 21.6. The first-order valence-corrected chi connectivity index (χ1v) is 8.40. The van der Waals surface area contributed by atoms with E-state index in [9.17, 15) is 18.0 Å². The monoisotopic (exact) mass is 402 g/mol. The minimum absolute atomic E-state index is 0.233. The van der Waals surface area contributed by atoms with E-state index < -0.39 is 18.4 Å². The molecule has 0 aliphatic rings. The molecule has 0 radical (unpaired) electrons. The molecule has 1 aromatic carbocycles. The average Bonchev–Trinajstić information content (AvgIpc) is 2.61. The van der Waals surface area contributed by atoms with Gasteiger partial charge in [0.05, 0.1) is 6.34 Å². The van der Waals surface area contributed by atoms with Gasteiger partial charge in [0.15, 0.2) is 0 Å². The minimum atomic E-state index is -4.79. The maximum absolute atomic E-state index is 12.5. The summed E-state index contributed by atoms with van der Waals surface area (Å²) in [6.45, 7) is 2.15. The Morgan fingerprint density at radius 3 is 2.50 bits per heavy atom. The highest BCUT2D eigenvalue weighted by atomic mass is 19.4. The number of benzene rings is 1. The van der Waals surface area contributed by atoms with E-state index in [0.717, 1.165) is 6.34 Å². The van der Waals surface area contributed by atoms with Crippen molar-refractivity contribution in [2.45, 2.75) is 38.6 Å².